The molecular formula is C9H16N2O6. The highest BCUT2D eigenvalue weighted by atomic mass is 16.4. The number of amides is 2. The quantitative estimate of drug-likeness (QED) is 0.376. The van der Waals surface area contributed by atoms with Crippen LogP contribution in [0.1, 0.15) is 6.42 Å². The molecule has 5 N–H and O–H groups in total. The van der Waals surface area contributed by atoms with E-state index in [1.807, 2.05) is 0 Å². The highest BCUT2D eigenvalue weighted by molar-refractivity contribution is 5.82. The van der Waals surface area contributed by atoms with Gasteiger partial charge in [0.2, 0.25) is 0 Å². The van der Waals surface area contributed by atoms with E-state index in [0.717, 1.165) is 4.90 Å². The fourth-order valence-electron chi connectivity index (χ4n) is 1.56. The van der Waals surface area contributed by atoms with Crippen molar-refractivity contribution in [2.75, 3.05) is 19.7 Å². The molecule has 1 rings (SSSR count). The molecule has 1 fully saturated rings. The zero-order valence-electron chi connectivity index (χ0n) is 9.11. The number of likely N-dealkylation sites (tertiary alicyclic amines) is 1. The number of carboxylic acids is 1. The summed E-state index contributed by atoms with van der Waals surface area (Å²) in [6.07, 6.45) is -2.12. The van der Waals surface area contributed by atoms with Crippen molar-refractivity contribution in [3.63, 3.8) is 0 Å². The number of carbonyl (C=O) groups is 2. The fraction of sp³-hybridized carbons (Fsp3) is 0.778. The van der Waals surface area contributed by atoms with Crippen LogP contribution in [-0.4, -0.2) is 75.3 Å². The van der Waals surface area contributed by atoms with Gasteiger partial charge in [0.05, 0.1) is 25.3 Å². The van der Waals surface area contributed by atoms with Crippen LogP contribution in [0.5, 0.6) is 0 Å². The number of carbonyl (C=O) groups excluding carboxylic acids is 1. The number of aliphatic hydroxyl groups excluding tert-OH is 3. The lowest BCUT2D eigenvalue weighted by Crippen LogP contribution is -2.48. The second kappa shape index (κ2) is 5.80. The van der Waals surface area contributed by atoms with Gasteiger partial charge < -0.3 is 30.6 Å². The first-order chi connectivity index (χ1) is 7.95. The maximum atomic E-state index is 11.6. The largest absolute Gasteiger partial charge is 0.480 e. The molecule has 3 atom stereocenters. The Kier molecular flexibility index (Phi) is 4.67. The molecule has 8 nitrogen and oxygen atoms in total. The average molecular weight is 248 g/mol. The number of nitrogens with zero attached hydrogens (tertiary/aromatic N) is 1. The Hall–Kier alpha value is -1.38. The molecule has 1 aliphatic heterocycles. The molecule has 0 radical (unpaired) electrons. The predicted octanol–water partition coefficient (Wildman–Crippen LogP) is -2.43. The van der Waals surface area contributed by atoms with E-state index in [2.05, 4.69) is 5.32 Å². The Morgan fingerprint density at radius 3 is 2.24 bits per heavy atom. The van der Waals surface area contributed by atoms with Crippen molar-refractivity contribution in [3.8, 4) is 0 Å². The van der Waals surface area contributed by atoms with Crippen LogP contribution in [0.2, 0.25) is 0 Å². The third kappa shape index (κ3) is 3.55. The van der Waals surface area contributed by atoms with E-state index in [0.29, 0.717) is 0 Å². The van der Waals surface area contributed by atoms with Crippen molar-refractivity contribution in [2.45, 2.75) is 24.7 Å². The van der Waals surface area contributed by atoms with Crippen LogP contribution in [0.4, 0.5) is 4.79 Å². The van der Waals surface area contributed by atoms with Crippen molar-refractivity contribution in [1.29, 1.82) is 0 Å². The van der Waals surface area contributed by atoms with Gasteiger partial charge in [0, 0.05) is 13.0 Å². The predicted molar refractivity (Wildman–Crippen MR) is 55.2 cm³/mol. The minimum absolute atomic E-state index is 0.0432. The fourth-order valence-corrected chi connectivity index (χ4v) is 1.56. The molecule has 1 heterocycles. The van der Waals surface area contributed by atoms with E-state index < -0.39 is 30.3 Å². The SMILES string of the molecule is O=C(O)[C@@H](CCO)NC(=O)N1CC(O)C(O)C1. The van der Waals surface area contributed by atoms with Crippen molar-refractivity contribution < 1.29 is 30.0 Å². The molecule has 2 amide bonds. The molecule has 0 aromatic heterocycles. The number of aliphatic hydroxyl groups is 3. The van der Waals surface area contributed by atoms with E-state index in [9.17, 15) is 19.8 Å². The molecule has 17 heavy (non-hydrogen) atoms. The molecule has 1 aliphatic rings. The van der Waals surface area contributed by atoms with Crippen LogP contribution >= 0.6 is 0 Å². The molecule has 0 aromatic carbocycles. The minimum Gasteiger partial charge on any atom is -0.480 e. The van der Waals surface area contributed by atoms with Gasteiger partial charge in [-0.3, -0.25) is 0 Å². The van der Waals surface area contributed by atoms with Gasteiger partial charge in [0.1, 0.15) is 6.04 Å². The zero-order valence-corrected chi connectivity index (χ0v) is 9.11. The molecule has 0 aromatic rings. The van der Waals surface area contributed by atoms with Gasteiger partial charge in [-0.2, -0.15) is 0 Å². The Bertz CT molecular complexity index is 287. The second-order valence-electron chi connectivity index (χ2n) is 3.89. The number of urea groups is 1. The van der Waals surface area contributed by atoms with E-state index in [-0.39, 0.29) is 26.1 Å². The number of carboxylic acid groups (broad SMARTS) is 1. The highest BCUT2D eigenvalue weighted by Crippen LogP contribution is 2.10. The maximum absolute atomic E-state index is 11.6. The van der Waals surface area contributed by atoms with Gasteiger partial charge in [0.15, 0.2) is 0 Å². The first-order valence-electron chi connectivity index (χ1n) is 5.21. The molecule has 98 valence electrons. The Balaban J connectivity index is 2.50. The standard InChI is InChI=1S/C9H16N2O6/c12-2-1-5(8(15)16)10-9(17)11-3-6(13)7(14)4-11/h5-7,12-14H,1-4H2,(H,10,17)(H,15,16)/t5-,6?,7?/m1/s1. The van der Waals surface area contributed by atoms with E-state index in [1.54, 1.807) is 0 Å². The van der Waals surface area contributed by atoms with Gasteiger partial charge in [0.25, 0.3) is 0 Å². The molecule has 1 saturated heterocycles. The molecule has 0 bridgehead atoms. The summed E-state index contributed by atoms with van der Waals surface area (Å²) < 4.78 is 0. The monoisotopic (exact) mass is 248 g/mol. The minimum atomic E-state index is -1.24. The van der Waals surface area contributed by atoms with Crippen LogP contribution in [-0.2, 0) is 4.79 Å². The first kappa shape index (κ1) is 13.7. The number of hydrogen-bond acceptors (Lipinski definition) is 5. The van der Waals surface area contributed by atoms with Gasteiger partial charge in [-0.15, -0.1) is 0 Å². The summed E-state index contributed by atoms with van der Waals surface area (Å²) in [7, 11) is 0. The summed E-state index contributed by atoms with van der Waals surface area (Å²) in [5.41, 5.74) is 0. The summed E-state index contributed by atoms with van der Waals surface area (Å²) in [5.74, 6) is -1.24. The van der Waals surface area contributed by atoms with Crippen molar-refractivity contribution >= 4 is 12.0 Å². The van der Waals surface area contributed by atoms with E-state index >= 15 is 0 Å². The summed E-state index contributed by atoms with van der Waals surface area (Å²) in [4.78, 5) is 23.4. The lowest BCUT2D eigenvalue weighted by molar-refractivity contribution is -0.139. The molecule has 0 spiro atoms. The molecule has 0 aliphatic carbocycles. The molecule has 2 unspecified atom stereocenters. The molecule has 0 saturated carbocycles. The third-order valence-electron chi connectivity index (χ3n) is 2.56. The van der Waals surface area contributed by atoms with Crippen molar-refractivity contribution in [1.82, 2.24) is 10.2 Å². The lowest BCUT2D eigenvalue weighted by Gasteiger charge is -2.20. The van der Waals surface area contributed by atoms with Crippen LogP contribution in [0.15, 0.2) is 0 Å². The van der Waals surface area contributed by atoms with E-state index in [1.165, 1.54) is 0 Å². The lowest BCUT2D eigenvalue weighted by atomic mass is 10.2. The van der Waals surface area contributed by atoms with Gasteiger partial charge in [-0.25, -0.2) is 9.59 Å². The first-order valence-corrected chi connectivity index (χ1v) is 5.21. The highest BCUT2D eigenvalue weighted by Gasteiger charge is 2.33. The summed E-state index contributed by atoms with van der Waals surface area (Å²) in [6, 6.07) is -1.86. The number of β-amino-alcohol motifs (C(OH)–C–C–N with tert-alkyl or cyclic N) is 2. The van der Waals surface area contributed by atoms with Crippen molar-refractivity contribution in [2.24, 2.45) is 0 Å². The van der Waals surface area contributed by atoms with Crippen LogP contribution in [0.3, 0.4) is 0 Å². The van der Waals surface area contributed by atoms with Crippen LogP contribution < -0.4 is 5.32 Å². The van der Waals surface area contributed by atoms with E-state index in [4.69, 9.17) is 10.2 Å². The Morgan fingerprint density at radius 1 is 1.29 bits per heavy atom. The smallest absolute Gasteiger partial charge is 0.326 e. The Morgan fingerprint density at radius 2 is 1.82 bits per heavy atom. The second-order valence-corrected chi connectivity index (χ2v) is 3.89. The zero-order chi connectivity index (χ0) is 13.0. The van der Waals surface area contributed by atoms with Crippen LogP contribution in [0.25, 0.3) is 0 Å². The van der Waals surface area contributed by atoms with Gasteiger partial charge in [-0.1, -0.05) is 0 Å². The third-order valence-corrected chi connectivity index (χ3v) is 2.56. The molecule has 8 heteroatoms. The summed E-state index contributed by atoms with van der Waals surface area (Å²) >= 11 is 0. The number of rotatable bonds is 4. The van der Waals surface area contributed by atoms with Crippen molar-refractivity contribution in [3.05, 3.63) is 0 Å². The topological polar surface area (TPSA) is 130 Å². The van der Waals surface area contributed by atoms with Crippen LogP contribution in [0, 0.1) is 0 Å². The Labute approximate surface area is 97.5 Å². The van der Waals surface area contributed by atoms with Gasteiger partial charge >= 0.3 is 12.0 Å². The number of nitrogens with one attached hydrogen (secondary N) is 1. The molecular weight excluding hydrogens is 232 g/mol. The summed E-state index contributed by atoms with van der Waals surface area (Å²) in [5, 5.41) is 38.1. The number of hydrogen-bond donors (Lipinski definition) is 5. The van der Waals surface area contributed by atoms with Gasteiger partial charge in [-0.05, 0) is 0 Å². The average Bonchev–Trinajstić information content (AvgIpc) is 2.58. The maximum Gasteiger partial charge on any atom is 0.326 e. The normalized spacial score (nSPS) is 25.7. The number of aliphatic carboxylic acids is 1. The summed E-state index contributed by atoms with van der Waals surface area (Å²) in [6.45, 7) is -0.445.